The average molecular weight is 622 g/mol. The molecule has 0 aliphatic heterocycles. The Kier molecular flexibility index (Phi) is 10.4. The molecule has 0 atom stereocenters. The monoisotopic (exact) mass is 621 g/mol. The van der Waals surface area contributed by atoms with Crippen LogP contribution in [0.5, 0.6) is 11.5 Å². The van der Waals surface area contributed by atoms with Crippen molar-refractivity contribution in [3.63, 3.8) is 0 Å². The lowest BCUT2D eigenvalue weighted by molar-refractivity contribution is -0.276. The van der Waals surface area contributed by atoms with E-state index in [0.717, 1.165) is 61.6 Å². The number of nitrogens with one attached hydrogen (secondary N) is 1. The second-order valence-electron chi connectivity index (χ2n) is 9.52. The maximum absolute atomic E-state index is 12.8. The highest BCUT2D eigenvalue weighted by atomic mass is 32.1. The second kappa shape index (κ2) is 13.8. The van der Waals surface area contributed by atoms with Crippen LogP contribution in [0.25, 0.3) is 10.2 Å². The lowest BCUT2D eigenvalue weighted by Crippen LogP contribution is -2.19. The zero-order valence-electron chi connectivity index (χ0n) is 22.6. The Morgan fingerprint density at radius 3 is 2.33 bits per heavy atom. The molecule has 1 aromatic carbocycles. The Morgan fingerprint density at radius 2 is 1.67 bits per heavy atom. The maximum Gasteiger partial charge on any atom is 0.573 e. The normalized spacial score (nSPS) is 13.6. The third-order valence-corrected chi connectivity index (χ3v) is 7.36. The van der Waals surface area contributed by atoms with Crippen LogP contribution in [0.3, 0.4) is 0 Å². The summed E-state index contributed by atoms with van der Waals surface area (Å²) < 4.78 is 95.1. The van der Waals surface area contributed by atoms with Crippen LogP contribution >= 0.6 is 11.3 Å². The van der Waals surface area contributed by atoms with E-state index in [4.69, 9.17) is 9.47 Å². The van der Waals surface area contributed by atoms with Crippen LogP contribution in [0.1, 0.15) is 54.4 Å². The predicted molar refractivity (Wildman–Crippen MR) is 142 cm³/mol. The molecule has 8 nitrogen and oxygen atoms in total. The van der Waals surface area contributed by atoms with Crippen molar-refractivity contribution in [3.05, 3.63) is 40.0 Å². The number of thiophene rings is 1. The van der Waals surface area contributed by atoms with Gasteiger partial charge in [-0.1, -0.05) is 13.3 Å². The number of carbonyl (C=O) groups is 1. The summed E-state index contributed by atoms with van der Waals surface area (Å²) >= 11 is 1.53. The van der Waals surface area contributed by atoms with Crippen LogP contribution in [0.2, 0.25) is 0 Å². The molecule has 0 saturated carbocycles. The van der Waals surface area contributed by atoms with Gasteiger partial charge < -0.3 is 24.3 Å². The smallest absolute Gasteiger partial charge is 0.464 e. The van der Waals surface area contributed by atoms with Crippen molar-refractivity contribution in [1.29, 1.82) is 0 Å². The second-order valence-corrected chi connectivity index (χ2v) is 10.6. The van der Waals surface area contributed by atoms with Gasteiger partial charge in [0.05, 0.1) is 18.6 Å². The van der Waals surface area contributed by atoms with Gasteiger partial charge in [-0.25, -0.2) is 14.8 Å². The Labute approximate surface area is 241 Å². The Balaban J connectivity index is 1.54. The lowest BCUT2D eigenvalue weighted by atomic mass is 9.97. The molecule has 230 valence electrons. The quantitative estimate of drug-likeness (QED) is 0.126. The fourth-order valence-electron chi connectivity index (χ4n) is 4.44. The molecule has 42 heavy (non-hydrogen) atoms. The van der Waals surface area contributed by atoms with E-state index in [0.29, 0.717) is 29.1 Å². The highest BCUT2D eigenvalue weighted by molar-refractivity contribution is 7.19. The van der Waals surface area contributed by atoms with Crippen LogP contribution in [-0.2, 0) is 40.1 Å². The number of halogens is 6. The first-order chi connectivity index (χ1) is 19.9. The molecule has 0 saturated heterocycles. The fraction of sp³-hybridized carbons (Fsp3) is 0.519. The van der Waals surface area contributed by atoms with Crippen molar-refractivity contribution in [1.82, 2.24) is 9.97 Å². The van der Waals surface area contributed by atoms with Gasteiger partial charge in [0.2, 0.25) is 0 Å². The van der Waals surface area contributed by atoms with Crippen molar-refractivity contribution in [2.75, 3.05) is 25.1 Å². The molecule has 0 unspecified atom stereocenters. The average Bonchev–Trinajstić information content (AvgIpc) is 3.26. The SMILES string of the molecule is CCCCOC(=O)COCCc1nc(NCc2cc(OC(F)(F)F)cc(OC(F)(F)F)c2)c2c3c(sc2n1)CCCC3. The van der Waals surface area contributed by atoms with E-state index < -0.39 is 30.2 Å². The molecule has 0 amide bonds. The van der Waals surface area contributed by atoms with Gasteiger partial charge in [-0.2, -0.15) is 0 Å². The Morgan fingerprint density at radius 1 is 0.976 bits per heavy atom. The summed E-state index contributed by atoms with van der Waals surface area (Å²) in [7, 11) is 0. The van der Waals surface area contributed by atoms with Gasteiger partial charge in [-0.3, -0.25) is 0 Å². The summed E-state index contributed by atoms with van der Waals surface area (Å²) in [5.74, 6) is -1.38. The van der Waals surface area contributed by atoms with Crippen LogP contribution in [0.15, 0.2) is 18.2 Å². The standard InChI is InChI=1S/C27H29F6N3O5S/c1-2-3-9-39-22(37)15-38-10-8-21-35-24(23-19-6-4-5-7-20(19)42-25(23)36-21)34-14-16-11-17(40-26(28,29)30)13-18(12-16)41-27(31,32)33/h11-13H,2-10,14-15H2,1H3,(H,34,35,36). The molecule has 1 N–H and O–H groups in total. The van der Waals surface area contributed by atoms with Crippen molar-refractivity contribution in [3.8, 4) is 11.5 Å². The van der Waals surface area contributed by atoms with E-state index in [1.54, 1.807) is 0 Å². The zero-order chi connectivity index (χ0) is 30.3. The van der Waals surface area contributed by atoms with E-state index in [9.17, 15) is 31.1 Å². The first kappa shape index (κ1) is 31.6. The number of hydrogen-bond donors (Lipinski definition) is 1. The molecule has 2 heterocycles. The van der Waals surface area contributed by atoms with E-state index in [1.165, 1.54) is 16.2 Å². The van der Waals surface area contributed by atoms with Gasteiger partial charge in [-0.05, 0) is 55.4 Å². The van der Waals surface area contributed by atoms with E-state index in [-0.39, 0.29) is 31.7 Å². The number of hydrogen-bond acceptors (Lipinski definition) is 9. The minimum absolute atomic E-state index is 0.0401. The molecule has 0 spiro atoms. The summed E-state index contributed by atoms with van der Waals surface area (Å²) in [4.78, 5) is 22.9. The van der Waals surface area contributed by atoms with Gasteiger partial charge >= 0.3 is 18.7 Å². The number of alkyl halides is 6. The molecule has 0 radical (unpaired) electrons. The molecule has 0 bridgehead atoms. The number of ether oxygens (including phenoxy) is 4. The number of rotatable bonds is 13. The highest BCUT2D eigenvalue weighted by Crippen LogP contribution is 2.39. The zero-order valence-corrected chi connectivity index (χ0v) is 23.4. The van der Waals surface area contributed by atoms with Crippen LogP contribution < -0.4 is 14.8 Å². The molecular formula is C27H29F6N3O5S. The number of anilines is 1. The van der Waals surface area contributed by atoms with Gasteiger partial charge in [0, 0.05) is 23.9 Å². The first-order valence-corrected chi connectivity index (χ1v) is 14.2. The molecule has 3 aromatic rings. The molecule has 1 aliphatic rings. The van der Waals surface area contributed by atoms with Crippen molar-refractivity contribution >= 4 is 33.3 Å². The van der Waals surface area contributed by atoms with E-state index in [1.807, 2.05) is 6.92 Å². The topological polar surface area (TPSA) is 91.8 Å². The molecule has 0 fully saturated rings. The number of benzene rings is 1. The number of aromatic nitrogens is 2. The summed E-state index contributed by atoms with van der Waals surface area (Å²) in [6.45, 7) is 2.04. The predicted octanol–water partition coefficient (Wildman–Crippen LogP) is 6.88. The number of unbranched alkanes of at least 4 members (excludes halogenated alkanes) is 1. The number of aryl methyl sites for hydroxylation is 2. The van der Waals surface area contributed by atoms with Crippen LogP contribution in [0.4, 0.5) is 32.2 Å². The fourth-order valence-corrected chi connectivity index (χ4v) is 5.72. The Bertz CT molecular complexity index is 1340. The van der Waals surface area contributed by atoms with Crippen molar-refractivity contribution in [2.45, 2.75) is 71.1 Å². The number of fused-ring (bicyclic) bond motifs is 3. The summed E-state index contributed by atoms with van der Waals surface area (Å²) in [5.41, 5.74) is 1.12. The van der Waals surface area contributed by atoms with Gasteiger partial charge in [0.1, 0.15) is 34.6 Å². The highest BCUT2D eigenvalue weighted by Gasteiger charge is 2.34. The van der Waals surface area contributed by atoms with E-state index in [2.05, 4.69) is 24.8 Å². The minimum atomic E-state index is -5.11. The molecule has 4 rings (SSSR count). The van der Waals surface area contributed by atoms with Gasteiger partial charge in [0.15, 0.2) is 0 Å². The number of nitrogens with zero attached hydrogens (tertiary/aromatic N) is 2. The van der Waals surface area contributed by atoms with Gasteiger partial charge in [-0.15, -0.1) is 37.7 Å². The summed E-state index contributed by atoms with van der Waals surface area (Å²) in [6.07, 6.45) is -4.64. The third kappa shape index (κ3) is 9.34. The largest absolute Gasteiger partial charge is 0.573 e. The van der Waals surface area contributed by atoms with Gasteiger partial charge in [0.25, 0.3) is 0 Å². The summed E-state index contributed by atoms with van der Waals surface area (Å²) in [6, 6.07) is 2.46. The van der Waals surface area contributed by atoms with Crippen LogP contribution in [-0.4, -0.2) is 48.5 Å². The molecule has 15 heteroatoms. The number of carbonyl (C=O) groups excluding carboxylic acids is 1. The molecular weight excluding hydrogens is 592 g/mol. The minimum Gasteiger partial charge on any atom is -0.464 e. The van der Waals surface area contributed by atoms with Crippen LogP contribution in [0, 0.1) is 0 Å². The molecule has 2 aromatic heterocycles. The number of esters is 1. The lowest BCUT2D eigenvalue weighted by Gasteiger charge is -2.16. The van der Waals surface area contributed by atoms with E-state index >= 15 is 0 Å². The third-order valence-electron chi connectivity index (χ3n) is 6.18. The summed E-state index contributed by atoms with van der Waals surface area (Å²) in [5, 5.41) is 3.84. The maximum atomic E-state index is 12.8. The Hall–Kier alpha value is -3.33. The van der Waals surface area contributed by atoms with Crippen molar-refractivity contribution in [2.24, 2.45) is 0 Å². The molecule has 1 aliphatic carbocycles. The first-order valence-electron chi connectivity index (χ1n) is 13.3. The van der Waals surface area contributed by atoms with Crippen molar-refractivity contribution < 1.29 is 50.1 Å².